The van der Waals surface area contributed by atoms with E-state index in [0.717, 1.165) is 47.6 Å². The van der Waals surface area contributed by atoms with Crippen molar-refractivity contribution in [1.29, 1.82) is 0 Å². The van der Waals surface area contributed by atoms with Crippen LogP contribution in [0.2, 0.25) is 0 Å². The second-order valence-corrected chi connectivity index (χ2v) is 12.5. The maximum atomic E-state index is 12.7. The highest BCUT2D eigenvalue weighted by Gasteiger charge is 2.20. The SMILES string of the molecule is CN1CCN(C(=O)Cc2ccc(Nc3nc(Nc4ccccc4N(C)S(C)(=O)=O)c4sccc4n3)cc2)CC1. The van der Waals surface area contributed by atoms with Crippen molar-refractivity contribution in [2.75, 3.05) is 61.5 Å². The zero-order valence-electron chi connectivity index (χ0n) is 22.1. The minimum absolute atomic E-state index is 0.146. The van der Waals surface area contributed by atoms with Crippen LogP contribution in [0.3, 0.4) is 0 Å². The van der Waals surface area contributed by atoms with Gasteiger partial charge in [0.25, 0.3) is 0 Å². The predicted molar refractivity (Wildman–Crippen MR) is 158 cm³/mol. The van der Waals surface area contributed by atoms with E-state index in [2.05, 4.69) is 27.6 Å². The monoisotopic (exact) mass is 565 g/mol. The van der Waals surface area contributed by atoms with E-state index in [1.165, 1.54) is 28.9 Å². The van der Waals surface area contributed by atoms with Crippen molar-refractivity contribution in [2.24, 2.45) is 0 Å². The van der Waals surface area contributed by atoms with Crippen LogP contribution in [0.1, 0.15) is 5.56 Å². The van der Waals surface area contributed by atoms with Crippen molar-refractivity contribution in [3.63, 3.8) is 0 Å². The van der Waals surface area contributed by atoms with Crippen LogP contribution in [0.4, 0.5) is 28.8 Å². The Kier molecular flexibility index (Phi) is 7.69. The molecule has 1 aliphatic heterocycles. The molecule has 0 radical (unpaired) electrons. The number of nitrogens with zero attached hydrogens (tertiary/aromatic N) is 5. The van der Waals surface area contributed by atoms with Gasteiger partial charge in [0.2, 0.25) is 21.9 Å². The Morgan fingerprint density at radius 2 is 1.72 bits per heavy atom. The highest BCUT2D eigenvalue weighted by molar-refractivity contribution is 7.92. The van der Waals surface area contributed by atoms with Gasteiger partial charge in [-0.15, -0.1) is 11.3 Å². The van der Waals surface area contributed by atoms with Crippen LogP contribution >= 0.6 is 11.3 Å². The number of carbonyl (C=O) groups is 1. The Labute approximate surface area is 232 Å². The van der Waals surface area contributed by atoms with Gasteiger partial charge < -0.3 is 20.4 Å². The minimum atomic E-state index is -3.45. The van der Waals surface area contributed by atoms with E-state index in [1.54, 1.807) is 12.1 Å². The maximum Gasteiger partial charge on any atom is 0.232 e. The molecular formula is C27H31N7O3S2. The molecule has 2 aromatic carbocycles. The molecule has 10 nitrogen and oxygen atoms in total. The Morgan fingerprint density at radius 1 is 1.00 bits per heavy atom. The molecule has 0 spiro atoms. The van der Waals surface area contributed by atoms with Gasteiger partial charge in [0, 0.05) is 38.9 Å². The lowest BCUT2D eigenvalue weighted by molar-refractivity contribution is -0.132. The number of amides is 1. The van der Waals surface area contributed by atoms with Crippen molar-refractivity contribution < 1.29 is 13.2 Å². The summed E-state index contributed by atoms with van der Waals surface area (Å²) in [6, 6.07) is 16.8. The first-order valence-electron chi connectivity index (χ1n) is 12.5. The van der Waals surface area contributed by atoms with Crippen molar-refractivity contribution in [3.05, 3.63) is 65.5 Å². The number of rotatable bonds is 8. The fourth-order valence-electron chi connectivity index (χ4n) is 4.34. The summed E-state index contributed by atoms with van der Waals surface area (Å²) in [4.78, 5) is 26.2. The van der Waals surface area contributed by atoms with Gasteiger partial charge >= 0.3 is 0 Å². The van der Waals surface area contributed by atoms with Gasteiger partial charge in [0.1, 0.15) is 0 Å². The fourth-order valence-corrected chi connectivity index (χ4v) is 5.63. The molecule has 0 atom stereocenters. The van der Waals surface area contributed by atoms with Gasteiger partial charge in [-0.25, -0.2) is 13.4 Å². The van der Waals surface area contributed by atoms with E-state index < -0.39 is 10.0 Å². The third kappa shape index (κ3) is 6.29. The quantitative estimate of drug-likeness (QED) is 0.331. The Bertz CT molecular complexity index is 1580. The third-order valence-corrected chi connectivity index (χ3v) is 8.82. The van der Waals surface area contributed by atoms with E-state index in [4.69, 9.17) is 4.98 Å². The molecule has 0 aliphatic carbocycles. The van der Waals surface area contributed by atoms with Crippen LogP contribution in [-0.4, -0.2) is 80.6 Å². The first-order chi connectivity index (χ1) is 18.7. The van der Waals surface area contributed by atoms with Gasteiger partial charge in [0.15, 0.2) is 5.82 Å². The molecule has 2 N–H and O–H groups in total. The number of hydrogen-bond donors (Lipinski definition) is 2. The van der Waals surface area contributed by atoms with Crippen LogP contribution in [0, 0.1) is 0 Å². The summed E-state index contributed by atoms with van der Waals surface area (Å²) in [6.07, 6.45) is 1.54. The maximum absolute atomic E-state index is 12.7. The van der Waals surface area contributed by atoms with Gasteiger partial charge in [-0.2, -0.15) is 4.98 Å². The molecule has 3 heterocycles. The summed E-state index contributed by atoms with van der Waals surface area (Å²) >= 11 is 1.50. The number of likely N-dealkylation sites (N-methyl/N-ethyl adjacent to an activating group) is 1. The molecule has 12 heteroatoms. The number of aromatic nitrogens is 2. The van der Waals surface area contributed by atoms with Crippen molar-refractivity contribution in [1.82, 2.24) is 19.8 Å². The van der Waals surface area contributed by atoms with Crippen molar-refractivity contribution in [2.45, 2.75) is 6.42 Å². The number of anilines is 5. The molecule has 1 amide bonds. The van der Waals surface area contributed by atoms with Crippen LogP contribution in [0.15, 0.2) is 60.0 Å². The summed E-state index contributed by atoms with van der Waals surface area (Å²) in [5.41, 5.74) is 3.64. The zero-order valence-corrected chi connectivity index (χ0v) is 23.7. The lowest BCUT2D eigenvalue weighted by Gasteiger charge is -2.32. The van der Waals surface area contributed by atoms with Crippen LogP contribution in [0.25, 0.3) is 10.2 Å². The topological polar surface area (TPSA) is 111 Å². The molecule has 1 aliphatic rings. The van der Waals surface area contributed by atoms with Gasteiger partial charge in [-0.1, -0.05) is 24.3 Å². The number of nitrogens with one attached hydrogen (secondary N) is 2. The van der Waals surface area contributed by atoms with E-state index in [0.29, 0.717) is 29.6 Å². The van der Waals surface area contributed by atoms with Crippen LogP contribution < -0.4 is 14.9 Å². The number of para-hydroxylation sites is 2. The van der Waals surface area contributed by atoms with Crippen molar-refractivity contribution in [3.8, 4) is 0 Å². The van der Waals surface area contributed by atoms with E-state index >= 15 is 0 Å². The number of fused-ring (bicyclic) bond motifs is 1. The number of hydrogen-bond acceptors (Lipinski definition) is 9. The second kappa shape index (κ2) is 11.2. The van der Waals surface area contributed by atoms with Gasteiger partial charge in [0.05, 0.1) is 34.3 Å². The minimum Gasteiger partial charge on any atom is -0.340 e. The van der Waals surface area contributed by atoms with E-state index in [-0.39, 0.29) is 5.91 Å². The smallest absolute Gasteiger partial charge is 0.232 e. The average molecular weight is 566 g/mol. The summed E-state index contributed by atoms with van der Waals surface area (Å²) in [7, 11) is 0.146. The lowest BCUT2D eigenvalue weighted by Crippen LogP contribution is -2.47. The summed E-state index contributed by atoms with van der Waals surface area (Å²) in [6.45, 7) is 3.34. The van der Waals surface area contributed by atoms with E-state index in [1.807, 2.05) is 52.7 Å². The summed E-state index contributed by atoms with van der Waals surface area (Å²) in [5.74, 6) is 1.12. The standard InChI is InChI=1S/C27H31N7O3S2/c1-32-13-15-34(16-14-32)24(35)18-19-8-10-20(11-9-19)28-27-30-22-12-17-38-25(22)26(31-27)29-21-6-4-5-7-23(21)33(2)39(3,36)37/h4-12,17H,13-16,18H2,1-3H3,(H2,28,29,30,31). The molecule has 4 aromatic rings. The first-order valence-corrected chi connectivity index (χ1v) is 15.3. The molecular weight excluding hydrogens is 534 g/mol. The summed E-state index contributed by atoms with van der Waals surface area (Å²) < 4.78 is 26.5. The molecule has 39 heavy (non-hydrogen) atoms. The molecule has 2 aromatic heterocycles. The molecule has 0 unspecified atom stereocenters. The highest BCUT2D eigenvalue weighted by Crippen LogP contribution is 2.34. The molecule has 1 saturated heterocycles. The van der Waals surface area contributed by atoms with Crippen LogP contribution in [-0.2, 0) is 21.2 Å². The fraction of sp³-hybridized carbons (Fsp3) is 0.296. The molecule has 0 saturated carbocycles. The van der Waals surface area contributed by atoms with Gasteiger partial charge in [-0.05, 0) is 48.3 Å². The molecule has 1 fully saturated rings. The second-order valence-electron chi connectivity index (χ2n) is 9.59. The largest absolute Gasteiger partial charge is 0.340 e. The normalized spacial score (nSPS) is 14.4. The summed E-state index contributed by atoms with van der Waals surface area (Å²) in [5, 5.41) is 8.51. The number of sulfonamides is 1. The highest BCUT2D eigenvalue weighted by atomic mass is 32.2. The number of benzene rings is 2. The number of piperazine rings is 1. The molecule has 0 bridgehead atoms. The van der Waals surface area contributed by atoms with Gasteiger partial charge in [-0.3, -0.25) is 9.10 Å². The Balaban J connectivity index is 1.33. The third-order valence-electron chi connectivity index (χ3n) is 6.72. The number of thiophene rings is 1. The molecule has 5 rings (SSSR count). The predicted octanol–water partition coefficient (Wildman–Crippen LogP) is 3.89. The zero-order chi connectivity index (χ0) is 27.6. The Morgan fingerprint density at radius 3 is 2.44 bits per heavy atom. The van der Waals surface area contributed by atoms with Crippen molar-refractivity contribution >= 4 is 66.3 Å². The lowest BCUT2D eigenvalue weighted by atomic mass is 10.1. The van der Waals surface area contributed by atoms with E-state index in [9.17, 15) is 13.2 Å². The number of carbonyl (C=O) groups excluding carboxylic acids is 1. The first kappa shape index (κ1) is 26.9. The average Bonchev–Trinajstić information content (AvgIpc) is 3.39. The van der Waals surface area contributed by atoms with Crippen LogP contribution in [0.5, 0.6) is 0 Å². The Hall–Kier alpha value is -3.74. The molecule has 204 valence electrons.